The minimum atomic E-state index is -0.150. The smallest absolute Gasteiger partial charge is 0.263 e. The van der Waals surface area contributed by atoms with Crippen LogP contribution in [0.3, 0.4) is 0 Å². The molecule has 1 aromatic carbocycles. The molecular formula is C15H18N2O2S. The summed E-state index contributed by atoms with van der Waals surface area (Å²) in [6.45, 7) is 7.08. The minimum absolute atomic E-state index is 0.150. The van der Waals surface area contributed by atoms with Crippen LogP contribution >= 0.6 is 11.3 Å². The van der Waals surface area contributed by atoms with E-state index in [9.17, 15) is 4.79 Å². The molecule has 1 aromatic heterocycles. The molecule has 20 heavy (non-hydrogen) atoms. The van der Waals surface area contributed by atoms with Gasteiger partial charge in [-0.1, -0.05) is 30.4 Å². The first-order chi connectivity index (χ1) is 9.59. The molecule has 0 spiro atoms. The van der Waals surface area contributed by atoms with Gasteiger partial charge in [-0.05, 0) is 13.0 Å². The molecule has 0 bridgehead atoms. The van der Waals surface area contributed by atoms with Crippen molar-refractivity contribution in [2.45, 2.75) is 6.92 Å². The van der Waals surface area contributed by atoms with E-state index in [-0.39, 0.29) is 5.91 Å². The summed E-state index contributed by atoms with van der Waals surface area (Å²) in [5.74, 6) is -0.150. The number of hydrogen-bond acceptors (Lipinski definition) is 4. The van der Waals surface area contributed by atoms with E-state index in [0.29, 0.717) is 30.3 Å². The number of nitrogen functional groups attached to an aromatic ring is 1. The Morgan fingerprint density at radius 1 is 1.45 bits per heavy atom. The van der Waals surface area contributed by atoms with Crippen molar-refractivity contribution in [3.63, 3.8) is 0 Å². The summed E-state index contributed by atoms with van der Waals surface area (Å²) >= 11 is 1.41. The maximum absolute atomic E-state index is 12.1. The number of carbonyl (C=O) groups excluding carboxylic acids is 1. The molecule has 5 heteroatoms. The first-order valence-corrected chi connectivity index (χ1v) is 7.18. The number of nitrogens with one attached hydrogen (secondary N) is 1. The molecule has 0 aliphatic heterocycles. The molecule has 0 saturated heterocycles. The number of thiophene rings is 1. The van der Waals surface area contributed by atoms with Gasteiger partial charge in [0, 0.05) is 16.6 Å². The predicted octanol–water partition coefficient (Wildman–Crippen LogP) is 2.81. The molecule has 0 unspecified atom stereocenters. The number of benzene rings is 1. The van der Waals surface area contributed by atoms with Gasteiger partial charge in [0.2, 0.25) is 0 Å². The van der Waals surface area contributed by atoms with Crippen LogP contribution in [0.25, 0.3) is 10.1 Å². The van der Waals surface area contributed by atoms with Crippen molar-refractivity contribution in [2.75, 3.05) is 25.5 Å². The number of nitrogens with two attached hydrogens (primary N) is 1. The Kier molecular flexibility index (Phi) is 4.76. The third-order valence-electron chi connectivity index (χ3n) is 2.72. The lowest BCUT2D eigenvalue weighted by molar-refractivity contribution is 0.0931. The third-order valence-corrected chi connectivity index (χ3v) is 3.91. The van der Waals surface area contributed by atoms with Crippen LogP contribution < -0.4 is 11.1 Å². The maximum atomic E-state index is 12.1. The number of ether oxygens (including phenoxy) is 1. The van der Waals surface area contributed by atoms with E-state index in [1.807, 2.05) is 31.2 Å². The van der Waals surface area contributed by atoms with E-state index in [4.69, 9.17) is 10.5 Å². The molecule has 0 atom stereocenters. The molecule has 0 aliphatic carbocycles. The molecule has 106 valence electrons. The van der Waals surface area contributed by atoms with Gasteiger partial charge in [0.25, 0.3) is 5.91 Å². The highest BCUT2D eigenvalue weighted by Crippen LogP contribution is 2.33. The first-order valence-electron chi connectivity index (χ1n) is 6.37. The van der Waals surface area contributed by atoms with E-state index < -0.39 is 0 Å². The van der Waals surface area contributed by atoms with Crippen LogP contribution in [0.15, 0.2) is 36.4 Å². The van der Waals surface area contributed by atoms with Crippen molar-refractivity contribution >= 4 is 33.0 Å². The molecule has 3 N–H and O–H groups in total. The van der Waals surface area contributed by atoms with Gasteiger partial charge in [0.05, 0.1) is 18.9 Å². The van der Waals surface area contributed by atoms with Gasteiger partial charge < -0.3 is 15.8 Å². The summed E-state index contributed by atoms with van der Waals surface area (Å²) in [5.41, 5.74) is 7.53. The number of hydrogen-bond donors (Lipinski definition) is 2. The van der Waals surface area contributed by atoms with Gasteiger partial charge in [-0.25, -0.2) is 0 Å². The van der Waals surface area contributed by atoms with Crippen LogP contribution in [0.2, 0.25) is 0 Å². The SMILES string of the molecule is C=C(C)COCCNC(=O)c1sc2ccccc2c1N. The Balaban J connectivity index is 1.94. The second-order valence-corrected chi connectivity index (χ2v) is 5.66. The summed E-state index contributed by atoms with van der Waals surface area (Å²) < 4.78 is 6.35. The monoisotopic (exact) mass is 290 g/mol. The van der Waals surface area contributed by atoms with Crippen molar-refractivity contribution in [2.24, 2.45) is 0 Å². The zero-order valence-corrected chi connectivity index (χ0v) is 12.3. The number of rotatable bonds is 6. The Morgan fingerprint density at radius 3 is 2.90 bits per heavy atom. The Labute approximate surface area is 122 Å². The fourth-order valence-electron chi connectivity index (χ4n) is 1.80. The lowest BCUT2D eigenvalue weighted by atomic mass is 10.2. The van der Waals surface area contributed by atoms with Gasteiger partial charge in [-0.2, -0.15) is 0 Å². The second-order valence-electron chi connectivity index (χ2n) is 4.61. The first kappa shape index (κ1) is 14.6. The van der Waals surface area contributed by atoms with Crippen molar-refractivity contribution in [1.29, 1.82) is 0 Å². The predicted molar refractivity (Wildman–Crippen MR) is 84.2 cm³/mol. The lowest BCUT2D eigenvalue weighted by Crippen LogP contribution is -2.27. The van der Waals surface area contributed by atoms with Crippen molar-refractivity contribution in [3.05, 3.63) is 41.3 Å². The van der Waals surface area contributed by atoms with Crippen LogP contribution in [0.5, 0.6) is 0 Å². The van der Waals surface area contributed by atoms with Gasteiger partial charge in [-0.3, -0.25) is 4.79 Å². The molecule has 0 saturated carbocycles. The van der Waals surface area contributed by atoms with Crippen LogP contribution in [0, 0.1) is 0 Å². The Bertz CT molecular complexity index is 634. The molecular weight excluding hydrogens is 272 g/mol. The number of amides is 1. The highest BCUT2D eigenvalue weighted by Gasteiger charge is 2.15. The fourth-order valence-corrected chi connectivity index (χ4v) is 2.84. The van der Waals surface area contributed by atoms with Gasteiger partial charge >= 0.3 is 0 Å². The normalized spacial score (nSPS) is 10.7. The molecule has 0 aliphatic rings. The van der Waals surface area contributed by atoms with Gasteiger partial charge in [0.1, 0.15) is 4.88 Å². The zero-order chi connectivity index (χ0) is 14.5. The summed E-state index contributed by atoms with van der Waals surface area (Å²) in [5, 5.41) is 3.74. The van der Waals surface area contributed by atoms with E-state index in [0.717, 1.165) is 15.7 Å². The topological polar surface area (TPSA) is 64.3 Å². The summed E-state index contributed by atoms with van der Waals surface area (Å²) in [6.07, 6.45) is 0. The van der Waals surface area contributed by atoms with Crippen LogP contribution in [-0.2, 0) is 4.74 Å². The molecule has 1 heterocycles. The lowest BCUT2D eigenvalue weighted by Gasteiger charge is -2.05. The van der Waals surface area contributed by atoms with Crippen molar-refractivity contribution in [3.8, 4) is 0 Å². The molecule has 0 fully saturated rings. The molecule has 2 aromatic rings. The second kappa shape index (κ2) is 6.54. The number of fused-ring (bicyclic) bond motifs is 1. The summed E-state index contributed by atoms with van der Waals surface area (Å²) in [6, 6.07) is 7.74. The Hall–Kier alpha value is -1.85. The highest BCUT2D eigenvalue weighted by molar-refractivity contribution is 7.21. The van der Waals surface area contributed by atoms with Gasteiger partial charge in [-0.15, -0.1) is 11.3 Å². The number of carbonyl (C=O) groups is 1. The highest BCUT2D eigenvalue weighted by atomic mass is 32.1. The van der Waals surface area contributed by atoms with Crippen LogP contribution in [0.1, 0.15) is 16.6 Å². The quantitative estimate of drug-likeness (QED) is 0.635. The summed E-state index contributed by atoms with van der Waals surface area (Å²) in [4.78, 5) is 12.6. The fraction of sp³-hybridized carbons (Fsp3) is 0.267. The number of anilines is 1. The largest absolute Gasteiger partial charge is 0.397 e. The van der Waals surface area contributed by atoms with Crippen LogP contribution in [-0.4, -0.2) is 25.7 Å². The van der Waals surface area contributed by atoms with Crippen LogP contribution in [0.4, 0.5) is 5.69 Å². The maximum Gasteiger partial charge on any atom is 0.263 e. The van der Waals surface area contributed by atoms with Gasteiger partial charge in [0.15, 0.2) is 0 Å². The average Bonchev–Trinajstić information content (AvgIpc) is 2.76. The van der Waals surface area contributed by atoms with E-state index in [1.165, 1.54) is 11.3 Å². The zero-order valence-electron chi connectivity index (χ0n) is 11.4. The minimum Gasteiger partial charge on any atom is -0.397 e. The van der Waals surface area contributed by atoms with Crippen molar-refractivity contribution < 1.29 is 9.53 Å². The molecule has 2 rings (SSSR count). The molecule has 1 amide bonds. The third kappa shape index (κ3) is 3.37. The van der Waals surface area contributed by atoms with Crippen molar-refractivity contribution in [1.82, 2.24) is 5.32 Å². The van der Waals surface area contributed by atoms with E-state index >= 15 is 0 Å². The Morgan fingerprint density at radius 2 is 2.20 bits per heavy atom. The molecule has 0 radical (unpaired) electrons. The van der Waals surface area contributed by atoms with E-state index in [2.05, 4.69) is 11.9 Å². The standard InChI is InChI=1S/C15H18N2O2S/c1-10(2)9-19-8-7-17-15(18)14-13(16)11-5-3-4-6-12(11)20-14/h3-6H,1,7-9,16H2,2H3,(H,17,18). The average molecular weight is 290 g/mol. The van der Waals surface area contributed by atoms with E-state index in [1.54, 1.807) is 0 Å². The summed E-state index contributed by atoms with van der Waals surface area (Å²) in [7, 11) is 0. The molecule has 4 nitrogen and oxygen atoms in total.